The molecule has 7 nitrogen and oxygen atoms in total. The first kappa shape index (κ1) is 24.6. The number of halogens is 3. The van der Waals surface area contributed by atoms with Gasteiger partial charge in [0.25, 0.3) is 5.91 Å². The molecule has 4 rings (SSSR count). The molecular formula is C26H21F3N4O3. The van der Waals surface area contributed by atoms with E-state index in [1.807, 2.05) is 18.2 Å². The molecule has 36 heavy (non-hydrogen) atoms. The largest absolute Gasteiger partial charge is 0.487 e. The molecule has 0 saturated carbocycles. The van der Waals surface area contributed by atoms with Gasteiger partial charge in [-0.15, -0.1) is 0 Å². The Morgan fingerprint density at radius 2 is 1.81 bits per heavy atom. The normalized spacial score (nSPS) is 11.2. The first-order valence-corrected chi connectivity index (χ1v) is 10.9. The summed E-state index contributed by atoms with van der Waals surface area (Å²) >= 11 is 0. The Balaban J connectivity index is 1.44. The van der Waals surface area contributed by atoms with Gasteiger partial charge in [0.2, 0.25) is 5.43 Å². The molecule has 0 spiro atoms. The van der Waals surface area contributed by atoms with Gasteiger partial charge < -0.3 is 10.1 Å². The zero-order valence-corrected chi connectivity index (χ0v) is 19.1. The second-order valence-corrected chi connectivity index (χ2v) is 7.89. The summed E-state index contributed by atoms with van der Waals surface area (Å²) in [5.74, 6) is -0.115. The molecule has 0 bridgehead atoms. The van der Waals surface area contributed by atoms with Gasteiger partial charge in [0.05, 0.1) is 16.9 Å². The van der Waals surface area contributed by atoms with Crippen molar-refractivity contribution in [1.29, 1.82) is 0 Å². The summed E-state index contributed by atoms with van der Waals surface area (Å²) in [5, 5.41) is 6.67. The predicted octanol–water partition coefficient (Wildman–Crippen LogP) is 4.46. The third-order valence-corrected chi connectivity index (χ3v) is 5.23. The molecule has 10 heteroatoms. The van der Waals surface area contributed by atoms with E-state index in [0.717, 1.165) is 34.1 Å². The van der Waals surface area contributed by atoms with Gasteiger partial charge in [-0.2, -0.15) is 18.3 Å². The Morgan fingerprint density at radius 3 is 2.50 bits per heavy atom. The number of alkyl halides is 3. The summed E-state index contributed by atoms with van der Waals surface area (Å²) in [5.41, 5.74) is -0.0120. The third kappa shape index (κ3) is 5.96. The average molecular weight is 494 g/mol. The maximum Gasteiger partial charge on any atom is 0.416 e. The van der Waals surface area contributed by atoms with Gasteiger partial charge in [-0.3, -0.25) is 14.6 Å². The monoisotopic (exact) mass is 494 g/mol. The molecule has 0 fully saturated rings. The number of amides is 1. The summed E-state index contributed by atoms with van der Waals surface area (Å²) in [6, 6.07) is 18.2. The van der Waals surface area contributed by atoms with Crippen molar-refractivity contribution >= 4 is 5.91 Å². The number of hydrogen-bond donors (Lipinski definition) is 1. The van der Waals surface area contributed by atoms with Crippen molar-refractivity contribution in [3.05, 3.63) is 117 Å². The molecule has 0 aliphatic carbocycles. The van der Waals surface area contributed by atoms with Gasteiger partial charge in [0.1, 0.15) is 12.4 Å². The minimum atomic E-state index is -4.54. The van der Waals surface area contributed by atoms with Gasteiger partial charge in [-0.25, -0.2) is 4.68 Å². The van der Waals surface area contributed by atoms with Crippen LogP contribution in [0.3, 0.4) is 0 Å². The predicted molar refractivity (Wildman–Crippen MR) is 126 cm³/mol. The molecule has 0 aliphatic rings. The van der Waals surface area contributed by atoms with E-state index in [1.165, 1.54) is 19.1 Å². The number of ether oxygens (including phenoxy) is 1. The highest BCUT2D eigenvalue weighted by molar-refractivity contribution is 5.92. The van der Waals surface area contributed by atoms with Crippen LogP contribution in [0.1, 0.15) is 33.0 Å². The SMILES string of the molecule is Cc1cc(=O)c(C(=O)NCc2ccc(OCc3ccccn3)cc2)nn1-c1cccc(C(F)(F)F)c1. The summed E-state index contributed by atoms with van der Waals surface area (Å²) < 4.78 is 46.1. The van der Waals surface area contributed by atoms with Crippen molar-refractivity contribution in [2.24, 2.45) is 0 Å². The Labute approximate surface area is 204 Å². The van der Waals surface area contributed by atoms with E-state index in [0.29, 0.717) is 12.4 Å². The topological polar surface area (TPSA) is 86.1 Å². The number of rotatable bonds is 7. The molecule has 4 aromatic rings. The van der Waals surface area contributed by atoms with Crippen LogP contribution in [0.2, 0.25) is 0 Å². The van der Waals surface area contributed by atoms with E-state index in [2.05, 4.69) is 15.4 Å². The number of nitrogens with one attached hydrogen (secondary N) is 1. The van der Waals surface area contributed by atoms with Crippen LogP contribution in [0.4, 0.5) is 13.2 Å². The van der Waals surface area contributed by atoms with E-state index in [1.54, 1.807) is 30.5 Å². The highest BCUT2D eigenvalue weighted by atomic mass is 19.4. The number of benzene rings is 2. The maximum absolute atomic E-state index is 13.1. The molecule has 2 aromatic carbocycles. The highest BCUT2D eigenvalue weighted by Gasteiger charge is 2.30. The lowest BCUT2D eigenvalue weighted by Gasteiger charge is -2.13. The Morgan fingerprint density at radius 1 is 1.03 bits per heavy atom. The number of nitrogens with zero attached hydrogens (tertiary/aromatic N) is 3. The van der Waals surface area contributed by atoms with Crippen molar-refractivity contribution in [2.75, 3.05) is 0 Å². The molecule has 1 N–H and O–H groups in total. The van der Waals surface area contributed by atoms with Crippen LogP contribution in [0.25, 0.3) is 5.69 Å². The van der Waals surface area contributed by atoms with Crippen LogP contribution in [0.15, 0.2) is 83.8 Å². The number of pyridine rings is 1. The maximum atomic E-state index is 13.1. The zero-order valence-electron chi connectivity index (χ0n) is 19.1. The lowest BCUT2D eigenvalue weighted by Crippen LogP contribution is -2.31. The van der Waals surface area contributed by atoms with Crippen molar-refractivity contribution in [3.8, 4) is 11.4 Å². The molecule has 0 atom stereocenters. The smallest absolute Gasteiger partial charge is 0.416 e. The molecule has 0 aliphatic heterocycles. The lowest BCUT2D eigenvalue weighted by molar-refractivity contribution is -0.137. The molecule has 2 aromatic heterocycles. The second-order valence-electron chi connectivity index (χ2n) is 7.89. The highest BCUT2D eigenvalue weighted by Crippen LogP contribution is 2.30. The summed E-state index contributed by atoms with van der Waals surface area (Å²) in [4.78, 5) is 29.3. The molecular weight excluding hydrogens is 473 g/mol. The molecule has 0 saturated heterocycles. The minimum absolute atomic E-state index is 0.0812. The average Bonchev–Trinajstić information content (AvgIpc) is 2.87. The van der Waals surface area contributed by atoms with E-state index >= 15 is 0 Å². The zero-order chi connectivity index (χ0) is 25.7. The van der Waals surface area contributed by atoms with E-state index in [4.69, 9.17) is 4.74 Å². The molecule has 1 amide bonds. The van der Waals surface area contributed by atoms with Crippen LogP contribution in [0, 0.1) is 6.92 Å². The van der Waals surface area contributed by atoms with Crippen LogP contribution in [0.5, 0.6) is 5.75 Å². The van der Waals surface area contributed by atoms with E-state index in [9.17, 15) is 22.8 Å². The van der Waals surface area contributed by atoms with Crippen LogP contribution in [-0.2, 0) is 19.3 Å². The van der Waals surface area contributed by atoms with E-state index < -0.39 is 28.8 Å². The van der Waals surface area contributed by atoms with Gasteiger partial charge in [-0.05, 0) is 55.0 Å². The van der Waals surface area contributed by atoms with Gasteiger partial charge in [0.15, 0.2) is 5.69 Å². The number of aryl methyl sites for hydroxylation is 1. The first-order chi connectivity index (χ1) is 17.2. The van der Waals surface area contributed by atoms with Crippen LogP contribution >= 0.6 is 0 Å². The summed E-state index contributed by atoms with van der Waals surface area (Å²) in [7, 11) is 0. The Kier molecular flexibility index (Phi) is 7.14. The first-order valence-electron chi connectivity index (χ1n) is 10.9. The lowest BCUT2D eigenvalue weighted by atomic mass is 10.2. The second kappa shape index (κ2) is 10.4. The quantitative estimate of drug-likeness (QED) is 0.410. The molecule has 0 unspecified atom stereocenters. The number of carbonyl (C=O) groups is 1. The molecule has 184 valence electrons. The van der Waals surface area contributed by atoms with Crippen molar-refractivity contribution in [1.82, 2.24) is 20.1 Å². The number of aromatic nitrogens is 3. The van der Waals surface area contributed by atoms with Gasteiger partial charge in [-0.1, -0.05) is 24.3 Å². The number of carbonyl (C=O) groups excluding carboxylic acids is 1. The van der Waals surface area contributed by atoms with Crippen LogP contribution in [-0.4, -0.2) is 20.7 Å². The fourth-order valence-electron chi connectivity index (χ4n) is 3.39. The third-order valence-electron chi connectivity index (χ3n) is 5.23. The summed E-state index contributed by atoms with van der Waals surface area (Å²) in [6.07, 6.45) is -2.86. The Bertz CT molecular complexity index is 1420. The fourth-order valence-corrected chi connectivity index (χ4v) is 3.39. The Hall–Kier alpha value is -4.47. The molecule has 0 radical (unpaired) electrons. The van der Waals surface area contributed by atoms with Crippen molar-refractivity contribution in [2.45, 2.75) is 26.3 Å². The minimum Gasteiger partial charge on any atom is -0.487 e. The van der Waals surface area contributed by atoms with Gasteiger partial charge >= 0.3 is 6.18 Å². The van der Waals surface area contributed by atoms with Crippen LogP contribution < -0.4 is 15.5 Å². The molecule has 2 heterocycles. The standard InChI is InChI=1S/C26H21F3N4O3/c1-17-13-23(34)24(32-33(17)21-7-4-5-19(14-21)26(27,28)29)25(35)31-15-18-8-10-22(11-9-18)36-16-20-6-2-3-12-30-20/h2-14H,15-16H2,1H3,(H,31,35). The van der Waals surface area contributed by atoms with Crippen molar-refractivity contribution < 1.29 is 22.7 Å². The number of hydrogen-bond acceptors (Lipinski definition) is 5. The fraction of sp³-hybridized carbons (Fsp3) is 0.154. The van der Waals surface area contributed by atoms with Crippen molar-refractivity contribution in [3.63, 3.8) is 0 Å². The summed E-state index contributed by atoms with van der Waals surface area (Å²) in [6.45, 7) is 1.94. The van der Waals surface area contributed by atoms with Gasteiger partial charge in [0, 0.05) is 24.5 Å². The van der Waals surface area contributed by atoms with E-state index in [-0.39, 0.29) is 17.9 Å².